The van der Waals surface area contributed by atoms with Gasteiger partial charge in [-0.3, -0.25) is 4.79 Å². The molecule has 0 aliphatic rings. The number of hydrogen-bond acceptors (Lipinski definition) is 5. The van der Waals surface area contributed by atoms with Gasteiger partial charge >= 0.3 is 0 Å². The van der Waals surface area contributed by atoms with Gasteiger partial charge in [0, 0.05) is 24.5 Å². The highest BCUT2D eigenvalue weighted by molar-refractivity contribution is 7.88. The first-order chi connectivity index (χ1) is 12.4. The van der Waals surface area contributed by atoms with Crippen LogP contribution in [0.2, 0.25) is 0 Å². The number of rotatable bonds is 10. The van der Waals surface area contributed by atoms with Crippen molar-refractivity contribution in [3.8, 4) is 5.75 Å². The van der Waals surface area contributed by atoms with Crippen LogP contribution in [0.1, 0.15) is 10.4 Å². The van der Waals surface area contributed by atoms with E-state index in [0.29, 0.717) is 25.9 Å². The maximum absolute atomic E-state index is 12.0. The Bertz CT molecular complexity index is 787. The highest BCUT2D eigenvalue weighted by Gasteiger charge is 2.16. The normalized spacial score (nSPS) is 11.5. The summed E-state index contributed by atoms with van der Waals surface area (Å²) in [4.78, 5) is 12.9. The molecule has 0 fully saturated rings. The van der Waals surface area contributed by atoms with Gasteiger partial charge in [-0.05, 0) is 35.6 Å². The second-order valence-corrected chi connectivity index (χ2v) is 8.88. The largest absolute Gasteiger partial charge is 0.497 e. The summed E-state index contributed by atoms with van der Waals surface area (Å²) in [6, 6.07) is 11.3. The molecular formula is C18H24N2O4S2. The lowest BCUT2D eigenvalue weighted by atomic mass is 10.1. The molecule has 0 aliphatic heterocycles. The molecule has 0 spiro atoms. The van der Waals surface area contributed by atoms with Crippen molar-refractivity contribution in [2.75, 3.05) is 33.0 Å². The second kappa shape index (κ2) is 9.70. The summed E-state index contributed by atoms with van der Waals surface area (Å²) in [7, 11) is -1.73. The van der Waals surface area contributed by atoms with Crippen molar-refractivity contribution >= 4 is 27.3 Å². The van der Waals surface area contributed by atoms with Gasteiger partial charge in [0.25, 0.3) is 0 Å². The number of nitrogens with zero attached hydrogens (tertiary/aromatic N) is 1. The van der Waals surface area contributed by atoms with Gasteiger partial charge in [-0.15, -0.1) is 11.3 Å². The zero-order valence-corrected chi connectivity index (χ0v) is 16.6. The Morgan fingerprint density at radius 1 is 1.19 bits per heavy atom. The van der Waals surface area contributed by atoms with Crippen LogP contribution in [-0.4, -0.2) is 51.6 Å². The Morgan fingerprint density at radius 2 is 1.92 bits per heavy atom. The molecular weight excluding hydrogens is 372 g/mol. The van der Waals surface area contributed by atoms with E-state index in [9.17, 15) is 13.2 Å². The van der Waals surface area contributed by atoms with Gasteiger partial charge in [0.1, 0.15) is 5.75 Å². The minimum absolute atomic E-state index is 0.101. The minimum Gasteiger partial charge on any atom is -0.497 e. The number of benzene rings is 1. The number of sulfonamides is 1. The first kappa shape index (κ1) is 20.4. The van der Waals surface area contributed by atoms with Crippen LogP contribution in [0.3, 0.4) is 0 Å². The summed E-state index contributed by atoms with van der Waals surface area (Å²) < 4.78 is 30.5. The molecule has 0 bridgehead atoms. The number of thiophene rings is 1. The second-order valence-electron chi connectivity index (χ2n) is 5.87. The van der Waals surface area contributed by atoms with Crippen LogP contribution in [0.15, 0.2) is 41.8 Å². The van der Waals surface area contributed by atoms with Gasteiger partial charge in [0.05, 0.1) is 19.8 Å². The predicted molar refractivity (Wildman–Crippen MR) is 104 cm³/mol. The van der Waals surface area contributed by atoms with Crippen LogP contribution in [0.4, 0.5) is 0 Å². The maximum Gasteiger partial charge on any atom is 0.225 e. The third-order valence-corrected chi connectivity index (χ3v) is 6.06. The van der Waals surface area contributed by atoms with E-state index in [1.54, 1.807) is 7.11 Å². The molecule has 142 valence electrons. The summed E-state index contributed by atoms with van der Waals surface area (Å²) in [6.07, 6.45) is 2.11. The Labute approximate surface area is 158 Å². The fourth-order valence-corrected chi connectivity index (χ4v) is 3.99. The highest BCUT2D eigenvalue weighted by atomic mass is 32.2. The molecule has 2 rings (SSSR count). The van der Waals surface area contributed by atoms with Crippen LogP contribution >= 0.6 is 11.3 Å². The number of hydrogen-bond donors (Lipinski definition) is 1. The Balaban J connectivity index is 1.82. The number of carbonyl (C=O) groups is 1. The van der Waals surface area contributed by atoms with E-state index in [4.69, 9.17) is 4.74 Å². The first-order valence-electron chi connectivity index (χ1n) is 8.25. The van der Waals surface area contributed by atoms with E-state index in [-0.39, 0.29) is 12.5 Å². The van der Waals surface area contributed by atoms with Crippen LogP contribution in [0.25, 0.3) is 0 Å². The fraction of sp³-hybridized carbons (Fsp3) is 0.389. The summed E-state index contributed by atoms with van der Waals surface area (Å²) in [6.45, 7) is 0.914. The zero-order valence-electron chi connectivity index (χ0n) is 15.0. The van der Waals surface area contributed by atoms with E-state index in [1.165, 1.54) is 21.9 Å². The van der Waals surface area contributed by atoms with Crippen molar-refractivity contribution < 1.29 is 17.9 Å². The molecule has 2 aromatic rings. The summed E-state index contributed by atoms with van der Waals surface area (Å²) >= 11 is 1.53. The lowest BCUT2D eigenvalue weighted by Crippen LogP contribution is -2.39. The summed E-state index contributed by atoms with van der Waals surface area (Å²) in [5.74, 6) is 0.665. The van der Waals surface area contributed by atoms with Gasteiger partial charge in [-0.1, -0.05) is 18.2 Å². The van der Waals surface area contributed by atoms with Crippen LogP contribution < -0.4 is 10.1 Å². The molecule has 1 heterocycles. The zero-order chi connectivity index (χ0) is 19.0. The molecule has 8 heteroatoms. The number of amides is 1. The molecule has 26 heavy (non-hydrogen) atoms. The van der Waals surface area contributed by atoms with Crippen molar-refractivity contribution in [1.29, 1.82) is 0 Å². The molecule has 0 saturated heterocycles. The minimum atomic E-state index is -3.34. The Hall–Kier alpha value is -1.90. The van der Waals surface area contributed by atoms with E-state index in [2.05, 4.69) is 5.32 Å². The van der Waals surface area contributed by atoms with Crippen molar-refractivity contribution in [3.63, 3.8) is 0 Å². The van der Waals surface area contributed by atoms with Gasteiger partial charge < -0.3 is 10.1 Å². The average Bonchev–Trinajstić information content (AvgIpc) is 3.10. The number of nitrogens with one attached hydrogen (secondary N) is 1. The van der Waals surface area contributed by atoms with Gasteiger partial charge in [-0.2, -0.15) is 0 Å². The van der Waals surface area contributed by atoms with E-state index < -0.39 is 10.0 Å². The third-order valence-electron chi connectivity index (χ3n) is 3.88. The van der Waals surface area contributed by atoms with Crippen LogP contribution in [-0.2, 0) is 27.7 Å². The fourth-order valence-electron chi connectivity index (χ4n) is 2.44. The molecule has 0 aliphatic carbocycles. The van der Waals surface area contributed by atoms with Gasteiger partial charge in [-0.25, -0.2) is 12.7 Å². The number of methoxy groups -OCH3 is 1. The van der Waals surface area contributed by atoms with E-state index >= 15 is 0 Å². The average molecular weight is 397 g/mol. The first-order valence-corrected chi connectivity index (χ1v) is 11.0. The molecule has 1 aromatic heterocycles. The monoisotopic (exact) mass is 396 g/mol. The lowest BCUT2D eigenvalue weighted by molar-refractivity contribution is -0.120. The van der Waals surface area contributed by atoms with Crippen molar-refractivity contribution in [2.24, 2.45) is 0 Å². The Kier molecular flexibility index (Phi) is 7.62. The van der Waals surface area contributed by atoms with Crippen LogP contribution in [0.5, 0.6) is 5.75 Å². The molecule has 0 radical (unpaired) electrons. The van der Waals surface area contributed by atoms with Crippen LogP contribution in [0, 0.1) is 0 Å². The lowest BCUT2D eigenvalue weighted by Gasteiger charge is -2.20. The van der Waals surface area contributed by atoms with Crippen molar-refractivity contribution in [1.82, 2.24) is 9.62 Å². The maximum atomic E-state index is 12.0. The molecule has 6 nitrogen and oxygen atoms in total. The number of carbonyl (C=O) groups excluding carboxylic acids is 1. The topological polar surface area (TPSA) is 75.7 Å². The highest BCUT2D eigenvalue weighted by Crippen LogP contribution is 2.12. The molecule has 0 unspecified atom stereocenters. The van der Waals surface area contributed by atoms with Gasteiger partial charge in [0.2, 0.25) is 15.9 Å². The van der Waals surface area contributed by atoms with Crippen molar-refractivity contribution in [3.05, 3.63) is 52.2 Å². The smallest absolute Gasteiger partial charge is 0.225 e. The standard InChI is InChI=1S/C18H24N2O4S2/c1-24-16-7-5-15(6-8-16)9-11-20(26(2,22)23)12-10-19-18(21)14-17-4-3-13-25-17/h3-8,13H,9-12,14H2,1-2H3,(H,19,21). The molecule has 0 atom stereocenters. The summed E-state index contributed by atoms with van der Waals surface area (Å²) in [5.41, 5.74) is 1.03. The number of ether oxygens (including phenoxy) is 1. The summed E-state index contributed by atoms with van der Waals surface area (Å²) in [5, 5.41) is 4.71. The molecule has 1 N–H and O–H groups in total. The van der Waals surface area contributed by atoms with E-state index in [0.717, 1.165) is 16.2 Å². The molecule has 0 saturated carbocycles. The third kappa shape index (κ3) is 6.78. The Morgan fingerprint density at radius 3 is 2.50 bits per heavy atom. The molecule has 1 amide bonds. The van der Waals surface area contributed by atoms with Crippen molar-refractivity contribution in [2.45, 2.75) is 12.8 Å². The molecule has 1 aromatic carbocycles. The predicted octanol–water partition coefficient (Wildman–Crippen LogP) is 1.92. The quantitative estimate of drug-likeness (QED) is 0.666. The van der Waals surface area contributed by atoms with Gasteiger partial charge in [0.15, 0.2) is 0 Å². The SMILES string of the molecule is COc1ccc(CCN(CCNC(=O)Cc2cccs2)S(C)(=O)=O)cc1. The van der Waals surface area contributed by atoms with E-state index in [1.807, 2.05) is 41.8 Å².